The largest absolute Gasteiger partial charge is 0.396 e. The number of aryl methyl sites for hydroxylation is 2. The molecule has 5 rings (SSSR count). The molecule has 0 aliphatic heterocycles. The number of likely N-dealkylation sites (N-methyl/N-ethyl adjacent to an activating group) is 1. The number of anilines is 1. The Morgan fingerprint density at radius 1 is 1.13 bits per heavy atom. The summed E-state index contributed by atoms with van der Waals surface area (Å²) in [5, 5.41) is 30.4. The van der Waals surface area contributed by atoms with E-state index in [1.165, 1.54) is 12.1 Å². The summed E-state index contributed by atoms with van der Waals surface area (Å²) in [6.45, 7) is 6.54. The molecular weight excluding hydrogens is 572 g/mol. The number of pyridine rings is 1. The van der Waals surface area contributed by atoms with Gasteiger partial charge in [0.25, 0.3) is 11.2 Å². The van der Waals surface area contributed by atoms with E-state index in [2.05, 4.69) is 15.4 Å². The number of aliphatic hydroxyl groups is 1. The first-order valence-corrected chi connectivity index (χ1v) is 14.7. The molecule has 2 atom stereocenters. The number of fused-ring (bicyclic) bond motifs is 1. The number of hydrogen-bond acceptors (Lipinski definition) is 7. The van der Waals surface area contributed by atoms with E-state index < -0.39 is 11.0 Å². The van der Waals surface area contributed by atoms with Gasteiger partial charge in [-0.3, -0.25) is 24.4 Å². The molecule has 0 saturated heterocycles. The maximum absolute atomic E-state index is 14.3. The van der Waals surface area contributed by atoms with Crippen LogP contribution in [0.25, 0.3) is 22.0 Å². The topological polar surface area (TPSA) is 146 Å². The van der Waals surface area contributed by atoms with Gasteiger partial charge < -0.3 is 20.3 Å². The second-order valence-electron chi connectivity index (χ2n) is 11.2. The zero-order valence-electron chi connectivity index (χ0n) is 25.7. The molecule has 3 aromatic carbocycles. The number of nitrogens with zero attached hydrogens (tertiary/aromatic N) is 4. The van der Waals surface area contributed by atoms with Gasteiger partial charge in [0, 0.05) is 73.8 Å². The van der Waals surface area contributed by atoms with Crippen LogP contribution in [-0.2, 0) is 17.9 Å². The fraction of sp³-hybridized carbons (Fsp3) is 0.265. The maximum Gasteiger partial charge on any atom is 0.269 e. The van der Waals surface area contributed by atoms with Crippen LogP contribution in [0.2, 0.25) is 0 Å². The molecule has 2 aromatic heterocycles. The van der Waals surface area contributed by atoms with Crippen molar-refractivity contribution in [1.82, 2.24) is 19.7 Å². The van der Waals surface area contributed by atoms with Crippen LogP contribution in [0.1, 0.15) is 48.1 Å². The Labute approximate surface area is 260 Å². The molecule has 0 saturated carbocycles. The number of non-ortho nitro benzene ring substituents is 1. The SMILES string of the molecule is CCn1nccc1-c1ccc([N+](=O)[O-])cc1CN(C)C(=O)C(Nc1ccc2cc[nH]c(=O)c2c1)c1ccc(C(C)CO)c(C)c1. The van der Waals surface area contributed by atoms with Gasteiger partial charge in [-0.2, -0.15) is 5.10 Å². The molecule has 232 valence electrons. The Balaban J connectivity index is 1.54. The van der Waals surface area contributed by atoms with E-state index in [1.54, 1.807) is 41.2 Å². The molecule has 0 aliphatic carbocycles. The van der Waals surface area contributed by atoms with Crippen molar-refractivity contribution < 1.29 is 14.8 Å². The van der Waals surface area contributed by atoms with E-state index in [-0.39, 0.29) is 36.2 Å². The van der Waals surface area contributed by atoms with Gasteiger partial charge in [-0.1, -0.05) is 31.2 Å². The molecule has 0 fully saturated rings. The van der Waals surface area contributed by atoms with E-state index in [0.29, 0.717) is 28.7 Å². The quantitative estimate of drug-likeness (QED) is 0.132. The number of carbonyl (C=O) groups is 1. The molecule has 3 N–H and O–H groups in total. The molecule has 2 heterocycles. The summed E-state index contributed by atoms with van der Waals surface area (Å²) in [6, 6.07) is 18.5. The molecular formula is C34H36N6O5. The number of amides is 1. The number of rotatable bonds is 11. The van der Waals surface area contributed by atoms with E-state index in [0.717, 1.165) is 27.8 Å². The van der Waals surface area contributed by atoms with Crippen LogP contribution in [0.5, 0.6) is 0 Å². The van der Waals surface area contributed by atoms with Gasteiger partial charge in [0.05, 0.1) is 10.6 Å². The van der Waals surface area contributed by atoms with Crippen LogP contribution < -0.4 is 10.9 Å². The van der Waals surface area contributed by atoms with E-state index in [4.69, 9.17) is 0 Å². The molecule has 11 heteroatoms. The van der Waals surface area contributed by atoms with Crippen LogP contribution >= 0.6 is 0 Å². The summed E-state index contributed by atoms with van der Waals surface area (Å²) in [5.74, 6) is -0.347. The van der Waals surface area contributed by atoms with Crippen molar-refractivity contribution in [2.45, 2.75) is 45.8 Å². The first-order chi connectivity index (χ1) is 21.6. The number of aliphatic hydroxyl groups excluding tert-OH is 1. The number of aromatic amines is 1. The number of H-pyrrole nitrogens is 1. The zero-order valence-corrected chi connectivity index (χ0v) is 25.7. The van der Waals surface area contributed by atoms with Gasteiger partial charge in [-0.15, -0.1) is 0 Å². The summed E-state index contributed by atoms with van der Waals surface area (Å²) >= 11 is 0. The Bertz CT molecular complexity index is 1930. The second-order valence-corrected chi connectivity index (χ2v) is 11.2. The van der Waals surface area contributed by atoms with Crippen molar-refractivity contribution in [2.24, 2.45) is 0 Å². The van der Waals surface area contributed by atoms with Crippen LogP contribution in [0.15, 0.2) is 83.9 Å². The highest BCUT2D eigenvalue weighted by molar-refractivity contribution is 5.89. The first-order valence-electron chi connectivity index (χ1n) is 14.7. The number of nitrogens with one attached hydrogen (secondary N) is 2. The van der Waals surface area contributed by atoms with Crippen molar-refractivity contribution >= 4 is 28.1 Å². The zero-order chi connectivity index (χ0) is 32.2. The minimum Gasteiger partial charge on any atom is -0.396 e. The van der Waals surface area contributed by atoms with Crippen molar-refractivity contribution in [2.75, 3.05) is 19.0 Å². The fourth-order valence-corrected chi connectivity index (χ4v) is 5.70. The third-order valence-electron chi connectivity index (χ3n) is 8.14. The van der Waals surface area contributed by atoms with Crippen LogP contribution in [0.4, 0.5) is 11.4 Å². The van der Waals surface area contributed by atoms with Gasteiger partial charge in [-0.25, -0.2) is 0 Å². The predicted octanol–water partition coefficient (Wildman–Crippen LogP) is 5.54. The molecule has 11 nitrogen and oxygen atoms in total. The molecule has 0 bridgehead atoms. The lowest BCUT2D eigenvalue weighted by molar-refractivity contribution is -0.384. The van der Waals surface area contributed by atoms with Gasteiger partial charge in [0.1, 0.15) is 6.04 Å². The smallest absolute Gasteiger partial charge is 0.269 e. The Kier molecular flexibility index (Phi) is 9.10. The van der Waals surface area contributed by atoms with Gasteiger partial charge >= 0.3 is 0 Å². The average Bonchev–Trinajstić information content (AvgIpc) is 3.52. The maximum atomic E-state index is 14.3. The molecule has 1 amide bonds. The normalized spacial score (nSPS) is 12.6. The summed E-state index contributed by atoms with van der Waals surface area (Å²) < 4.78 is 1.80. The number of carbonyl (C=O) groups excluding carboxylic acids is 1. The molecule has 5 aromatic rings. The van der Waals surface area contributed by atoms with Gasteiger partial charge in [-0.05, 0) is 71.8 Å². The molecule has 45 heavy (non-hydrogen) atoms. The van der Waals surface area contributed by atoms with Gasteiger partial charge in [0.15, 0.2) is 0 Å². The highest BCUT2D eigenvalue weighted by Gasteiger charge is 2.27. The van der Waals surface area contributed by atoms with Gasteiger partial charge in [0.2, 0.25) is 5.91 Å². The van der Waals surface area contributed by atoms with Crippen LogP contribution in [0, 0.1) is 17.0 Å². The number of nitro groups is 1. The minimum absolute atomic E-state index is 0.00233. The lowest BCUT2D eigenvalue weighted by atomic mass is 9.93. The summed E-state index contributed by atoms with van der Waals surface area (Å²) in [7, 11) is 1.66. The predicted molar refractivity (Wildman–Crippen MR) is 174 cm³/mol. The minimum atomic E-state index is -0.851. The molecule has 0 aliphatic rings. The van der Waals surface area contributed by atoms with E-state index >= 15 is 0 Å². The number of hydrogen-bond donors (Lipinski definition) is 3. The lowest BCUT2D eigenvalue weighted by Crippen LogP contribution is -2.35. The number of nitro benzene ring substituents is 1. The van der Waals surface area contributed by atoms with Crippen molar-refractivity contribution in [3.63, 3.8) is 0 Å². The second kappa shape index (κ2) is 13.1. The van der Waals surface area contributed by atoms with E-state index in [9.17, 15) is 24.8 Å². The number of benzene rings is 3. The standard InChI is InChI=1S/C34H36N6O5/c1-5-39-31(13-15-36-39)29-11-9-27(40(44)45)17-25(29)19-38(4)34(43)32(24-7-10-28(21(2)16-24)22(3)20-41)37-26-8-6-23-12-14-35-33(42)30(23)18-26/h6-18,22,32,37,41H,5,19-20H2,1-4H3,(H,35,42). The summed E-state index contributed by atoms with van der Waals surface area (Å²) in [5.41, 5.74) is 5.03. The highest BCUT2D eigenvalue weighted by Crippen LogP contribution is 2.31. The highest BCUT2D eigenvalue weighted by atomic mass is 16.6. The average molecular weight is 609 g/mol. The third kappa shape index (κ3) is 6.48. The van der Waals surface area contributed by atoms with E-state index in [1.807, 2.05) is 63.2 Å². The van der Waals surface area contributed by atoms with Crippen molar-refractivity contribution in [3.8, 4) is 11.3 Å². The Hall–Kier alpha value is -5.29. The molecule has 0 radical (unpaired) electrons. The van der Waals surface area contributed by atoms with Crippen LogP contribution in [-0.4, -0.2) is 49.3 Å². The van der Waals surface area contributed by atoms with Crippen molar-refractivity contribution in [3.05, 3.63) is 122 Å². The fourth-order valence-electron chi connectivity index (χ4n) is 5.70. The summed E-state index contributed by atoms with van der Waals surface area (Å²) in [4.78, 5) is 42.3. The molecule has 0 spiro atoms. The van der Waals surface area contributed by atoms with Crippen LogP contribution in [0.3, 0.4) is 0 Å². The van der Waals surface area contributed by atoms with Crippen molar-refractivity contribution in [1.29, 1.82) is 0 Å². The summed E-state index contributed by atoms with van der Waals surface area (Å²) in [6.07, 6.45) is 3.27. The third-order valence-corrected chi connectivity index (χ3v) is 8.14. The Morgan fingerprint density at radius 2 is 1.93 bits per heavy atom. The molecule has 2 unspecified atom stereocenters. The number of aromatic nitrogens is 3. The monoisotopic (exact) mass is 608 g/mol. The Morgan fingerprint density at radius 3 is 2.64 bits per heavy atom. The first kappa shape index (κ1) is 31.1. The lowest BCUT2D eigenvalue weighted by Gasteiger charge is -2.27.